The average Bonchev–Trinajstić information content (AvgIpc) is 0.483. The van der Waals surface area contributed by atoms with Crippen molar-refractivity contribution in [2.24, 2.45) is 0 Å². The van der Waals surface area contributed by atoms with Gasteiger partial charge in [-0.3, -0.25) is 19.2 Å². The highest BCUT2D eigenvalue weighted by atomic mass is 16.8. The standard InChI is InChI=1S/C94H166N4O43/c1-7-9-11-13-15-17-19-21-22-23-24-25-26-28-30-32-34-36-38-40-64(112)98-54(55(107)39-37-35-33-31-29-27-20-18-16-14-12-10-8-2)48-128-87-76(121)74(119)79(62(47-103)133-87)135-89-77(122)84(71(116)60(45-101)131-89)138-86-67(97-53(6)106)83(137-90-78(123)85(72(117)61(46-102)132-90)141-94(92(126)127)42-57(109)66(96-52(5)105)82(140-94)70(115)59(111)44-100)80(136-88-75(120)73(118)68(113)50(3)130-88)63(134-86)49-129-93(91(124)125)41-56(108)65(95-51(4)104)81(139-93)69(114)58(110)43-99/h37,39,50,54-63,65-90,99-103,107-111,113-123H,7-36,38,40-49H2,1-6H3,(H,95,104)(H,96,105)(H,97,106)(H,98,112)(H,124,125)(H,126,127)/b39-37+/t50?,54-,55+,56?,57?,58+,59+,60?,61?,62?,63?,65+,66+,67?,68+,69+,70+,71-,72-,73?,74+,75-,76?,77?,78?,79+,80+,81?,82?,83+,84-,85-,86-,87+,88+,89-,90-,93+,94-/m0/s1. The number of aliphatic carboxylic acids is 2. The summed E-state index contributed by atoms with van der Waals surface area (Å²) in [6, 6.07) is -7.18. The van der Waals surface area contributed by atoms with Crippen molar-refractivity contribution < 1.29 is 213 Å². The van der Waals surface area contributed by atoms with Gasteiger partial charge in [0.05, 0.1) is 88.8 Å². The molecule has 7 heterocycles. The minimum Gasteiger partial charge on any atom is -0.477 e. The Bertz CT molecular complexity index is 3600. The third kappa shape index (κ3) is 36.2. The van der Waals surface area contributed by atoms with E-state index in [4.69, 9.17) is 66.3 Å². The van der Waals surface area contributed by atoms with Crippen LogP contribution in [-0.2, 0) is 95.1 Å². The van der Waals surface area contributed by atoms with Gasteiger partial charge in [-0.2, -0.15) is 0 Å². The Morgan fingerprint density at radius 3 is 1.23 bits per heavy atom. The minimum absolute atomic E-state index is 0.0952. The Balaban J connectivity index is 1.20. The zero-order chi connectivity index (χ0) is 104. The van der Waals surface area contributed by atoms with E-state index >= 15 is 0 Å². The molecular weight excluding hydrogens is 1870 g/mol. The van der Waals surface area contributed by atoms with Crippen molar-refractivity contribution in [1.29, 1.82) is 0 Å². The molecule has 47 nitrogen and oxygen atoms in total. The number of amides is 4. The second-order valence-electron chi connectivity index (χ2n) is 38.5. The van der Waals surface area contributed by atoms with Crippen LogP contribution in [0, 0.1) is 0 Å². The molecule has 27 N–H and O–H groups in total. The number of hydrogen-bond acceptors (Lipinski definition) is 41. The number of ether oxygens (including phenoxy) is 14. The van der Waals surface area contributed by atoms with E-state index in [-0.39, 0.29) is 6.42 Å². The summed E-state index contributed by atoms with van der Waals surface area (Å²) in [5, 5.41) is 272. The quantitative estimate of drug-likeness (QED) is 0.0208. The summed E-state index contributed by atoms with van der Waals surface area (Å²) >= 11 is 0. The van der Waals surface area contributed by atoms with E-state index < -0.39 is 333 Å². The first-order valence-corrected chi connectivity index (χ1v) is 50.6. The molecule has 7 rings (SSSR count). The van der Waals surface area contributed by atoms with E-state index in [0.717, 1.165) is 85.0 Å². The second-order valence-corrected chi connectivity index (χ2v) is 38.5. The van der Waals surface area contributed by atoms with Crippen molar-refractivity contribution in [2.75, 3.05) is 46.2 Å². The van der Waals surface area contributed by atoms with E-state index in [9.17, 15) is 146 Å². The predicted octanol–water partition coefficient (Wildman–Crippen LogP) is -3.46. The number of rotatable bonds is 65. The van der Waals surface area contributed by atoms with E-state index in [0.29, 0.717) is 12.8 Å². The maximum atomic E-state index is 14.1. The summed E-state index contributed by atoms with van der Waals surface area (Å²) in [5.74, 6) is -14.6. The Labute approximate surface area is 822 Å². The fourth-order valence-corrected chi connectivity index (χ4v) is 18.9. The lowest BCUT2D eigenvalue weighted by Gasteiger charge is -2.53. The van der Waals surface area contributed by atoms with Crippen LogP contribution < -0.4 is 21.3 Å². The van der Waals surface area contributed by atoms with Gasteiger partial charge in [0.25, 0.3) is 11.6 Å². The first-order chi connectivity index (χ1) is 67.2. The summed E-state index contributed by atoms with van der Waals surface area (Å²) in [7, 11) is 0. The molecule has 7 aliphatic heterocycles. The Kier molecular flexibility index (Phi) is 54.6. The normalized spacial score (nSPS) is 36.1. The highest BCUT2D eigenvalue weighted by molar-refractivity contribution is 5.78. The maximum Gasteiger partial charge on any atom is 0.364 e. The predicted molar refractivity (Wildman–Crippen MR) is 489 cm³/mol. The smallest absolute Gasteiger partial charge is 0.364 e. The molecule has 7 saturated heterocycles. The number of aliphatic hydroxyl groups is 21. The lowest BCUT2D eigenvalue weighted by atomic mass is 9.88. The lowest BCUT2D eigenvalue weighted by molar-refractivity contribution is -0.402. The molecule has 0 aromatic heterocycles. The molecule has 0 radical (unpaired) electrons. The molecule has 47 heteroatoms. The number of hydrogen-bond donors (Lipinski definition) is 27. The zero-order valence-corrected chi connectivity index (χ0v) is 82.0. The molecule has 7 aliphatic rings. The average molecular weight is 2040 g/mol. The van der Waals surface area contributed by atoms with E-state index in [1.165, 1.54) is 135 Å². The summed E-state index contributed by atoms with van der Waals surface area (Å²) in [6.07, 6.45) is -38.4. The molecule has 39 atom stereocenters. The van der Waals surface area contributed by atoms with Crippen LogP contribution >= 0.6 is 0 Å². The van der Waals surface area contributed by atoms with Crippen LogP contribution in [0.5, 0.6) is 0 Å². The number of allylic oxidation sites excluding steroid dienone is 1. The molecule has 0 aliphatic carbocycles. The van der Waals surface area contributed by atoms with Crippen molar-refractivity contribution in [3.8, 4) is 0 Å². The van der Waals surface area contributed by atoms with Crippen LogP contribution in [0.2, 0.25) is 0 Å². The largest absolute Gasteiger partial charge is 0.477 e. The molecule has 820 valence electrons. The fourth-order valence-electron chi connectivity index (χ4n) is 18.9. The summed E-state index contributed by atoms with van der Waals surface area (Å²) in [4.78, 5) is 80.6. The molecule has 4 amide bonds. The molecule has 7 fully saturated rings. The zero-order valence-electron chi connectivity index (χ0n) is 82.0. The highest BCUT2D eigenvalue weighted by Gasteiger charge is 2.64. The van der Waals surface area contributed by atoms with Crippen molar-refractivity contribution in [3.05, 3.63) is 12.2 Å². The molecule has 141 heavy (non-hydrogen) atoms. The molecule has 0 saturated carbocycles. The van der Waals surface area contributed by atoms with Gasteiger partial charge >= 0.3 is 11.9 Å². The first kappa shape index (κ1) is 123. The Hall–Kier alpha value is -4.84. The van der Waals surface area contributed by atoms with Crippen LogP contribution in [0.15, 0.2) is 12.2 Å². The number of carbonyl (C=O) groups is 6. The van der Waals surface area contributed by atoms with Crippen molar-refractivity contribution in [1.82, 2.24) is 21.3 Å². The minimum atomic E-state index is -3.45. The second kappa shape index (κ2) is 62.6. The lowest BCUT2D eigenvalue weighted by Crippen LogP contribution is -2.72. The van der Waals surface area contributed by atoms with Gasteiger partial charge in [-0.25, -0.2) is 9.59 Å². The van der Waals surface area contributed by atoms with Crippen molar-refractivity contribution in [2.45, 2.75) is 498 Å². The van der Waals surface area contributed by atoms with Crippen molar-refractivity contribution >= 4 is 35.6 Å². The Morgan fingerprint density at radius 2 is 0.780 bits per heavy atom. The number of carboxylic acid groups (broad SMARTS) is 2. The van der Waals surface area contributed by atoms with Gasteiger partial charge in [-0.15, -0.1) is 0 Å². The monoisotopic (exact) mass is 2040 g/mol. The third-order valence-electron chi connectivity index (χ3n) is 27.1. The third-order valence-corrected chi connectivity index (χ3v) is 27.1. The number of nitrogens with one attached hydrogen (secondary N) is 4. The summed E-state index contributed by atoms with van der Waals surface area (Å²) < 4.78 is 85.7. The van der Waals surface area contributed by atoms with Crippen LogP contribution in [0.4, 0.5) is 0 Å². The molecule has 0 bridgehead atoms. The number of unbranched alkanes of at least 4 members (excludes halogenated alkanes) is 29. The SMILES string of the molecule is CCCCCCCCCCCCC/C=C/[C@@H](O)[C@H](CO[C@@H]1OC(CO)[C@@H](O[C@@H]2OC(CO)[C@H](O)[C@H](O[C@@H]3OC(CO[C@]4(C(=O)O)CC(O)[C@@H](NC(C)=O)C([C@H](O)[C@H](O)CO)O4)[C@@H](O[C@H]4OC(C)[C@@H](O)C(O)[C@@H]4O)[C@H](O[C@@H]4OC(CO)[C@H](O)[C@H](O[C@]5(C(=O)O)CC(O)[C@@H](NC(C)=O)C([C@H](O)[C@H](O)CO)O5)C4O)C3NC(C)=O)C2O)[C@H](O)C1O)NC(=O)CCCCCCCCCCCCCCCCCCCCC. The van der Waals surface area contributed by atoms with Gasteiger partial charge in [0.15, 0.2) is 31.5 Å². The molecule has 0 aromatic carbocycles. The van der Waals surface area contributed by atoms with Crippen LogP contribution in [0.25, 0.3) is 0 Å². The van der Waals surface area contributed by atoms with Crippen LogP contribution in [0.3, 0.4) is 0 Å². The van der Waals surface area contributed by atoms with Crippen LogP contribution in [-0.4, -0.2) is 437 Å². The molecule has 0 aromatic rings. The van der Waals surface area contributed by atoms with E-state index in [1.807, 2.05) is 0 Å². The first-order valence-electron chi connectivity index (χ1n) is 50.6. The van der Waals surface area contributed by atoms with Gasteiger partial charge in [0.2, 0.25) is 23.6 Å². The molecule has 0 spiro atoms. The molecular formula is C94H166N4O43. The summed E-state index contributed by atoms with van der Waals surface area (Å²) in [5.41, 5.74) is 0. The van der Waals surface area contributed by atoms with Gasteiger partial charge in [-0.05, 0) is 26.2 Å². The van der Waals surface area contributed by atoms with Crippen molar-refractivity contribution in [3.63, 3.8) is 0 Å². The Morgan fingerprint density at radius 1 is 0.397 bits per heavy atom. The van der Waals surface area contributed by atoms with Gasteiger partial charge < -0.3 is 205 Å². The number of aliphatic hydroxyl groups excluding tert-OH is 21. The maximum absolute atomic E-state index is 14.1. The molecule has 14 unspecified atom stereocenters. The van der Waals surface area contributed by atoms with Gasteiger partial charge in [-0.1, -0.05) is 206 Å². The highest BCUT2D eigenvalue weighted by Crippen LogP contribution is 2.43. The summed E-state index contributed by atoms with van der Waals surface area (Å²) in [6.45, 7) is 0.0628. The van der Waals surface area contributed by atoms with Gasteiger partial charge in [0, 0.05) is 40.0 Å². The van der Waals surface area contributed by atoms with Crippen LogP contribution in [0.1, 0.15) is 260 Å². The van der Waals surface area contributed by atoms with E-state index in [1.54, 1.807) is 6.08 Å². The van der Waals surface area contributed by atoms with E-state index in [2.05, 4.69) is 35.1 Å². The fraction of sp³-hybridized carbons (Fsp3) is 0.915. The number of carbonyl (C=O) groups excluding carboxylic acids is 4. The van der Waals surface area contributed by atoms with Gasteiger partial charge in [0.1, 0.15) is 153 Å². The number of carboxylic acids is 2. The topological polar surface area (TPSA) is 745 Å².